The van der Waals surface area contributed by atoms with Gasteiger partial charge in [-0.1, -0.05) is 80.6 Å². The van der Waals surface area contributed by atoms with Crippen LogP contribution in [0.1, 0.15) is 85.5 Å². The quantitative estimate of drug-likeness (QED) is 0.0708. The highest BCUT2D eigenvalue weighted by molar-refractivity contribution is 7.52. The molecule has 0 fully saturated rings. The fourth-order valence-electron chi connectivity index (χ4n) is 5.80. The highest BCUT2D eigenvalue weighted by Crippen LogP contribution is 2.59. The monoisotopic (exact) mass is 755 g/mol. The Bertz CT molecular complexity index is 1750. The number of rotatable bonds is 21. The molecule has 286 valence electrons. The molecule has 5 N–H and O–H groups in total. The number of carbonyl (C=O) groups excluding carboxylic acids is 5. The summed E-state index contributed by atoms with van der Waals surface area (Å²) in [5.74, 6) is -3.13. The fraction of sp³-hybridized carbons (Fsp3) is 0.410. The minimum Gasteiger partial charge on any atom is -0.352 e. The molecule has 53 heavy (non-hydrogen) atoms. The van der Waals surface area contributed by atoms with E-state index in [1.54, 1.807) is 49.4 Å². The normalized spacial score (nSPS) is 13.3. The highest BCUT2D eigenvalue weighted by Gasteiger charge is 2.50. The number of aryl methyl sites for hydroxylation is 1. The Balaban J connectivity index is 1.77. The van der Waals surface area contributed by atoms with Crippen LogP contribution in [0, 0.1) is 5.92 Å². The predicted molar refractivity (Wildman–Crippen MR) is 196 cm³/mol. The van der Waals surface area contributed by atoms with Gasteiger partial charge in [0.2, 0.25) is 11.8 Å². The Morgan fingerprint density at radius 3 is 1.92 bits per heavy atom. The van der Waals surface area contributed by atoms with Gasteiger partial charge in [0, 0.05) is 43.4 Å². The Labute approximate surface area is 308 Å². The number of hydrogen-bond acceptors (Lipinski definition) is 6. The molecule has 3 unspecified atom stereocenters. The Hall–Kier alpha value is -4.58. The zero-order valence-corrected chi connectivity index (χ0v) is 31.0. The standard InChI is InChI=1S/C39H48F2N3O8P/c1-4-27-14-18-30(19-15-27)37(48)42-22-10-9-13-33(35(46)5-2)44-38(49)31(23-29-16-20-32(21-17-29)39(40,41)53(50,51)52)25-36(47)34(43-26(3)45)24-28-11-7-6-8-12-28/h6-8,11-12,14-21,31,33-34H,4-5,9-10,13,22-25H2,1-3H3,(H,42,48)(H,43,45)(H,44,49)(H2,50,51,52). The lowest BCUT2D eigenvalue weighted by Crippen LogP contribution is -2.46. The van der Waals surface area contributed by atoms with Crippen LogP contribution in [0.5, 0.6) is 0 Å². The number of halogens is 2. The number of alkyl halides is 2. The molecule has 0 aliphatic heterocycles. The molecule has 0 saturated heterocycles. The molecule has 14 heteroatoms. The van der Waals surface area contributed by atoms with Crippen molar-refractivity contribution in [3.05, 3.63) is 107 Å². The first kappa shape index (κ1) is 42.8. The van der Waals surface area contributed by atoms with Gasteiger partial charge < -0.3 is 25.7 Å². The molecule has 3 aromatic rings. The summed E-state index contributed by atoms with van der Waals surface area (Å²) in [4.78, 5) is 83.4. The molecular weight excluding hydrogens is 707 g/mol. The summed E-state index contributed by atoms with van der Waals surface area (Å²) in [5.41, 5.74) is -2.62. The number of carbonyl (C=O) groups is 5. The van der Waals surface area contributed by atoms with E-state index in [4.69, 9.17) is 9.79 Å². The second kappa shape index (κ2) is 20.0. The first-order valence-corrected chi connectivity index (χ1v) is 19.2. The van der Waals surface area contributed by atoms with Gasteiger partial charge >= 0.3 is 13.3 Å². The third-order valence-corrected chi connectivity index (χ3v) is 9.89. The number of ketones is 2. The summed E-state index contributed by atoms with van der Waals surface area (Å²) >= 11 is 0. The average molecular weight is 756 g/mol. The lowest BCUT2D eigenvalue weighted by Gasteiger charge is -2.24. The van der Waals surface area contributed by atoms with Crippen LogP contribution in [0.15, 0.2) is 78.9 Å². The summed E-state index contributed by atoms with van der Waals surface area (Å²) in [6.45, 7) is 5.29. The zero-order chi connectivity index (χ0) is 39.2. The second-order valence-electron chi connectivity index (χ2n) is 13.0. The van der Waals surface area contributed by atoms with E-state index in [9.17, 15) is 37.3 Å². The maximum atomic E-state index is 14.3. The second-order valence-corrected chi connectivity index (χ2v) is 14.6. The van der Waals surface area contributed by atoms with Crippen molar-refractivity contribution in [2.45, 2.75) is 89.9 Å². The topological polar surface area (TPSA) is 179 Å². The van der Waals surface area contributed by atoms with E-state index < -0.39 is 54.4 Å². The summed E-state index contributed by atoms with van der Waals surface area (Å²) in [7, 11) is -5.81. The summed E-state index contributed by atoms with van der Waals surface area (Å²) < 4.78 is 40.0. The third-order valence-electron chi connectivity index (χ3n) is 8.90. The summed E-state index contributed by atoms with van der Waals surface area (Å²) in [6, 6.07) is 18.4. The minimum absolute atomic E-state index is 0.121. The lowest BCUT2D eigenvalue weighted by atomic mass is 9.89. The van der Waals surface area contributed by atoms with Gasteiger partial charge in [0.05, 0.1) is 12.1 Å². The molecule has 11 nitrogen and oxygen atoms in total. The van der Waals surface area contributed by atoms with E-state index in [2.05, 4.69) is 16.0 Å². The SMILES string of the molecule is CCC(=O)C(CCCCNC(=O)c1ccc(CC)cc1)NC(=O)C(CC(=O)C(Cc1ccccc1)NC(C)=O)Cc1ccc(C(F)(F)P(=O)(O)O)cc1. The van der Waals surface area contributed by atoms with Crippen LogP contribution in [0.3, 0.4) is 0 Å². The number of benzene rings is 3. The van der Waals surface area contributed by atoms with Crippen molar-refractivity contribution >= 4 is 36.9 Å². The lowest BCUT2D eigenvalue weighted by molar-refractivity contribution is -0.133. The molecule has 0 bridgehead atoms. The molecule has 0 radical (unpaired) electrons. The maximum absolute atomic E-state index is 14.3. The van der Waals surface area contributed by atoms with Crippen LogP contribution >= 0.6 is 7.60 Å². The van der Waals surface area contributed by atoms with Gasteiger partial charge in [-0.05, 0) is 67.3 Å². The Kier molecular flexibility index (Phi) is 16.2. The van der Waals surface area contributed by atoms with Gasteiger partial charge in [-0.2, -0.15) is 8.78 Å². The van der Waals surface area contributed by atoms with Crippen LogP contribution in [0.4, 0.5) is 8.78 Å². The Morgan fingerprint density at radius 1 is 0.755 bits per heavy atom. The molecule has 3 atom stereocenters. The van der Waals surface area contributed by atoms with Crippen molar-refractivity contribution in [1.82, 2.24) is 16.0 Å². The zero-order valence-electron chi connectivity index (χ0n) is 30.1. The van der Waals surface area contributed by atoms with Crippen LogP contribution in [0.2, 0.25) is 0 Å². The largest absolute Gasteiger partial charge is 0.399 e. The molecule has 0 aliphatic carbocycles. The van der Waals surface area contributed by atoms with Crippen LogP contribution in [0.25, 0.3) is 0 Å². The van der Waals surface area contributed by atoms with Crippen molar-refractivity contribution in [3.63, 3.8) is 0 Å². The van der Waals surface area contributed by atoms with Crippen molar-refractivity contribution < 1.29 is 47.1 Å². The highest BCUT2D eigenvalue weighted by atomic mass is 31.2. The maximum Gasteiger partial charge on any atom is 0.399 e. The molecule has 3 amide bonds. The van der Waals surface area contributed by atoms with Gasteiger partial charge in [0.25, 0.3) is 5.91 Å². The van der Waals surface area contributed by atoms with E-state index in [0.717, 1.165) is 29.7 Å². The van der Waals surface area contributed by atoms with E-state index in [-0.39, 0.29) is 43.8 Å². The Morgan fingerprint density at radius 2 is 1.36 bits per heavy atom. The van der Waals surface area contributed by atoms with Crippen molar-refractivity contribution in [2.24, 2.45) is 5.92 Å². The van der Waals surface area contributed by atoms with Crippen LogP contribution in [-0.2, 0) is 48.7 Å². The van der Waals surface area contributed by atoms with Gasteiger partial charge in [0.1, 0.15) is 0 Å². The predicted octanol–water partition coefficient (Wildman–Crippen LogP) is 5.41. The minimum atomic E-state index is -5.81. The number of Topliss-reactive ketones (excluding diaryl/α,β-unsaturated/α-hetero) is 2. The number of nitrogens with one attached hydrogen (secondary N) is 3. The fourth-order valence-corrected chi connectivity index (χ4v) is 6.28. The van der Waals surface area contributed by atoms with Crippen molar-refractivity contribution in [3.8, 4) is 0 Å². The van der Waals surface area contributed by atoms with Crippen molar-refractivity contribution in [2.75, 3.05) is 6.54 Å². The van der Waals surface area contributed by atoms with Crippen molar-refractivity contribution in [1.29, 1.82) is 0 Å². The van der Waals surface area contributed by atoms with Gasteiger partial charge in [-0.15, -0.1) is 0 Å². The van der Waals surface area contributed by atoms with Gasteiger partial charge in [0.15, 0.2) is 11.6 Å². The van der Waals surface area contributed by atoms with Crippen LogP contribution < -0.4 is 16.0 Å². The molecule has 0 heterocycles. The van der Waals surface area contributed by atoms with Gasteiger partial charge in [-0.25, -0.2) is 0 Å². The van der Waals surface area contributed by atoms with E-state index in [1.165, 1.54) is 19.1 Å². The van der Waals surface area contributed by atoms with Gasteiger partial charge in [-0.3, -0.25) is 28.5 Å². The van der Waals surface area contributed by atoms with E-state index >= 15 is 0 Å². The van der Waals surface area contributed by atoms with Crippen LogP contribution in [-0.4, -0.2) is 57.7 Å². The smallest absolute Gasteiger partial charge is 0.352 e. The molecular formula is C39H48F2N3O8P. The number of amides is 3. The molecule has 3 aromatic carbocycles. The summed E-state index contributed by atoms with van der Waals surface area (Å²) in [6.07, 6.45) is 1.87. The molecule has 0 spiro atoms. The molecule has 0 aromatic heterocycles. The number of unbranched alkanes of at least 4 members (excludes halogenated alkanes) is 1. The molecule has 0 saturated carbocycles. The molecule has 0 aliphatic rings. The average Bonchev–Trinajstić information content (AvgIpc) is 3.13. The first-order chi connectivity index (χ1) is 25.0. The first-order valence-electron chi connectivity index (χ1n) is 17.6. The van der Waals surface area contributed by atoms with E-state index in [0.29, 0.717) is 30.5 Å². The number of hydrogen-bond donors (Lipinski definition) is 5. The third kappa shape index (κ3) is 13.1. The molecule has 3 rings (SSSR count). The summed E-state index contributed by atoms with van der Waals surface area (Å²) in [5, 5.41) is 8.28. The van der Waals surface area contributed by atoms with E-state index in [1.807, 2.05) is 19.1 Å².